The summed E-state index contributed by atoms with van der Waals surface area (Å²) < 4.78 is 39.0. The summed E-state index contributed by atoms with van der Waals surface area (Å²) in [6.45, 7) is 3.00. The van der Waals surface area contributed by atoms with Gasteiger partial charge in [-0.15, -0.1) is 0 Å². The number of hydrogen-bond donors (Lipinski definition) is 1. The molecule has 2 amide bonds. The van der Waals surface area contributed by atoms with Crippen LogP contribution in [0.4, 0.5) is 13.2 Å². The van der Waals surface area contributed by atoms with Crippen molar-refractivity contribution in [2.75, 3.05) is 19.6 Å². The van der Waals surface area contributed by atoms with Gasteiger partial charge in [-0.2, -0.15) is 13.2 Å². The van der Waals surface area contributed by atoms with Crippen LogP contribution in [-0.2, 0) is 23.9 Å². The number of para-hydroxylation sites is 1. The number of nitrogens with zero attached hydrogens (tertiary/aromatic N) is 2. The molecule has 0 saturated heterocycles. The molecule has 0 bridgehead atoms. The van der Waals surface area contributed by atoms with Crippen LogP contribution in [0.2, 0.25) is 0 Å². The minimum absolute atomic E-state index is 0.125. The number of H-pyrrole nitrogens is 1. The summed E-state index contributed by atoms with van der Waals surface area (Å²) >= 11 is 0. The fourth-order valence-electron chi connectivity index (χ4n) is 4.54. The Kier molecular flexibility index (Phi) is 9.07. The van der Waals surface area contributed by atoms with E-state index >= 15 is 0 Å². The number of amides is 2. The predicted molar refractivity (Wildman–Crippen MR) is 146 cm³/mol. The number of alkyl halides is 3. The molecule has 0 spiro atoms. The van der Waals surface area contributed by atoms with E-state index in [-0.39, 0.29) is 18.0 Å². The minimum atomic E-state index is -4.48. The summed E-state index contributed by atoms with van der Waals surface area (Å²) in [4.78, 5) is 33.4. The molecule has 1 heterocycles. The molecule has 0 radical (unpaired) electrons. The molecule has 1 aromatic heterocycles. The first kappa shape index (κ1) is 28.0. The van der Waals surface area contributed by atoms with Gasteiger partial charge in [-0.1, -0.05) is 61.9 Å². The minimum Gasteiger partial charge on any atom is -0.361 e. The molecule has 1 N–H and O–H groups in total. The first-order valence-corrected chi connectivity index (χ1v) is 13.1. The average molecular weight is 536 g/mol. The molecule has 0 fully saturated rings. The van der Waals surface area contributed by atoms with Gasteiger partial charge in [0.1, 0.15) is 6.54 Å². The highest BCUT2D eigenvalue weighted by Gasteiger charge is 2.30. The summed E-state index contributed by atoms with van der Waals surface area (Å²) in [6, 6.07) is 21.8. The highest BCUT2D eigenvalue weighted by Crippen LogP contribution is 2.29. The molecule has 0 aliphatic carbocycles. The summed E-state index contributed by atoms with van der Waals surface area (Å²) in [5, 5.41) is 1.10. The average Bonchev–Trinajstić information content (AvgIpc) is 3.36. The van der Waals surface area contributed by atoms with Crippen molar-refractivity contribution in [1.82, 2.24) is 14.8 Å². The van der Waals surface area contributed by atoms with Crippen LogP contribution in [0.15, 0.2) is 85.1 Å². The normalized spacial score (nSPS) is 11.5. The number of benzene rings is 3. The van der Waals surface area contributed by atoms with Crippen molar-refractivity contribution in [3.8, 4) is 0 Å². The van der Waals surface area contributed by atoms with Gasteiger partial charge >= 0.3 is 6.18 Å². The Labute approximate surface area is 226 Å². The molecule has 0 aliphatic heterocycles. The Morgan fingerprint density at radius 3 is 2.23 bits per heavy atom. The molecular formula is C31H32F3N3O2. The molecule has 3 aromatic carbocycles. The zero-order valence-corrected chi connectivity index (χ0v) is 21.9. The third-order valence-corrected chi connectivity index (χ3v) is 6.75. The van der Waals surface area contributed by atoms with Crippen LogP contribution in [0.1, 0.15) is 46.8 Å². The molecule has 4 aromatic rings. The first-order chi connectivity index (χ1) is 18.8. The molecule has 0 atom stereocenters. The van der Waals surface area contributed by atoms with Crippen molar-refractivity contribution in [2.24, 2.45) is 0 Å². The number of halogens is 3. The second-order valence-corrected chi connectivity index (χ2v) is 9.57. The standard InChI is InChI=1S/C31H32F3N3O2/c1-2-3-18-37(30(39)24-13-15-26(16-14-24)31(32,33)34)22-29(38)36(21-23-9-5-4-6-10-23)19-17-25-20-35-28-12-8-7-11-27(25)28/h4-16,20,35H,2-3,17-19,21-22H2,1H3. The van der Waals surface area contributed by atoms with Gasteiger partial charge in [0.05, 0.1) is 5.56 Å². The van der Waals surface area contributed by atoms with Gasteiger partial charge in [-0.25, -0.2) is 0 Å². The Hall–Kier alpha value is -4.07. The number of aromatic nitrogens is 1. The highest BCUT2D eigenvalue weighted by atomic mass is 19.4. The summed E-state index contributed by atoms with van der Waals surface area (Å²) in [6.07, 6.45) is -0.420. The van der Waals surface area contributed by atoms with Crippen molar-refractivity contribution in [3.63, 3.8) is 0 Å². The van der Waals surface area contributed by atoms with E-state index in [1.165, 1.54) is 17.0 Å². The number of nitrogens with one attached hydrogen (secondary N) is 1. The second kappa shape index (κ2) is 12.7. The monoisotopic (exact) mass is 535 g/mol. The van der Waals surface area contributed by atoms with Crippen LogP contribution in [0.3, 0.4) is 0 Å². The molecule has 39 heavy (non-hydrogen) atoms. The fraction of sp³-hybridized carbons (Fsp3) is 0.290. The highest BCUT2D eigenvalue weighted by molar-refractivity contribution is 5.96. The lowest BCUT2D eigenvalue weighted by Gasteiger charge is -2.28. The van der Waals surface area contributed by atoms with Crippen molar-refractivity contribution in [3.05, 3.63) is 107 Å². The molecule has 204 valence electrons. The maximum Gasteiger partial charge on any atom is 0.416 e. The van der Waals surface area contributed by atoms with Crippen molar-refractivity contribution < 1.29 is 22.8 Å². The number of hydrogen-bond acceptors (Lipinski definition) is 2. The maximum absolute atomic E-state index is 13.6. The molecule has 0 aliphatic rings. The van der Waals surface area contributed by atoms with Crippen LogP contribution in [-0.4, -0.2) is 46.2 Å². The lowest BCUT2D eigenvalue weighted by atomic mass is 10.1. The molecule has 8 heteroatoms. The van der Waals surface area contributed by atoms with E-state index in [2.05, 4.69) is 4.98 Å². The maximum atomic E-state index is 13.6. The van der Waals surface area contributed by atoms with E-state index in [9.17, 15) is 22.8 Å². The Morgan fingerprint density at radius 1 is 0.846 bits per heavy atom. The smallest absolute Gasteiger partial charge is 0.361 e. The third kappa shape index (κ3) is 7.28. The summed E-state index contributed by atoms with van der Waals surface area (Å²) in [5.41, 5.74) is 2.40. The van der Waals surface area contributed by atoms with Gasteiger partial charge in [0.15, 0.2) is 0 Å². The van der Waals surface area contributed by atoms with Crippen LogP contribution < -0.4 is 0 Å². The quantitative estimate of drug-likeness (QED) is 0.232. The second-order valence-electron chi connectivity index (χ2n) is 9.57. The van der Waals surface area contributed by atoms with Crippen molar-refractivity contribution >= 4 is 22.7 Å². The number of rotatable bonds is 11. The zero-order valence-electron chi connectivity index (χ0n) is 21.9. The zero-order chi connectivity index (χ0) is 27.8. The number of fused-ring (bicyclic) bond motifs is 1. The summed E-state index contributed by atoms with van der Waals surface area (Å²) in [5.74, 6) is -0.670. The number of unbranched alkanes of at least 4 members (excludes halogenated alkanes) is 1. The van der Waals surface area contributed by atoms with Crippen LogP contribution in [0.25, 0.3) is 10.9 Å². The molecule has 5 nitrogen and oxygen atoms in total. The fourth-order valence-corrected chi connectivity index (χ4v) is 4.54. The first-order valence-electron chi connectivity index (χ1n) is 13.1. The van der Waals surface area contributed by atoms with E-state index < -0.39 is 17.6 Å². The number of carbonyl (C=O) groups is 2. The lowest BCUT2D eigenvalue weighted by Crippen LogP contribution is -2.43. The van der Waals surface area contributed by atoms with Crippen LogP contribution >= 0.6 is 0 Å². The molecule has 0 unspecified atom stereocenters. The Morgan fingerprint density at radius 2 is 1.54 bits per heavy atom. The van der Waals surface area contributed by atoms with E-state index in [4.69, 9.17) is 0 Å². The van der Waals surface area contributed by atoms with Gasteiger partial charge < -0.3 is 14.8 Å². The SMILES string of the molecule is CCCCN(CC(=O)N(CCc1c[nH]c2ccccc12)Cc1ccccc1)C(=O)c1ccc(C(F)(F)F)cc1. The van der Waals surface area contributed by atoms with E-state index in [0.717, 1.165) is 40.6 Å². The van der Waals surface area contributed by atoms with Crippen molar-refractivity contribution in [1.29, 1.82) is 0 Å². The number of carbonyl (C=O) groups excluding carboxylic acids is 2. The third-order valence-electron chi connectivity index (χ3n) is 6.75. The van der Waals surface area contributed by atoms with Gasteiger partial charge in [0.25, 0.3) is 5.91 Å². The predicted octanol–water partition coefficient (Wildman–Crippen LogP) is 6.70. The Bertz CT molecular complexity index is 1380. The van der Waals surface area contributed by atoms with Gasteiger partial charge in [-0.05, 0) is 54.3 Å². The van der Waals surface area contributed by atoms with Gasteiger partial charge in [0, 0.05) is 42.3 Å². The van der Waals surface area contributed by atoms with E-state index in [1.807, 2.05) is 67.7 Å². The topological polar surface area (TPSA) is 56.4 Å². The molecule has 0 saturated carbocycles. The van der Waals surface area contributed by atoms with E-state index in [0.29, 0.717) is 32.5 Å². The summed E-state index contributed by atoms with van der Waals surface area (Å²) in [7, 11) is 0. The molecule has 4 rings (SSSR count). The number of aromatic amines is 1. The van der Waals surface area contributed by atoms with Crippen LogP contribution in [0, 0.1) is 0 Å². The largest absolute Gasteiger partial charge is 0.416 e. The van der Waals surface area contributed by atoms with Crippen molar-refractivity contribution in [2.45, 2.75) is 38.9 Å². The Balaban J connectivity index is 1.52. The van der Waals surface area contributed by atoms with E-state index in [1.54, 1.807) is 4.90 Å². The lowest BCUT2D eigenvalue weighted by molar-refractivity contribution is -0.137. The van der Waals surface area contributed by atoms with Gasteiger partial charge in [0.2, 0.25) is 5.91 Å². The van der Waals surface area contributed by atoms with Crippen LogP contribution in [0.5, 0.6) is 0 Å². The van der Waals surface area contributed by atoms with Gasteiger partial charge in [-0.3, -0.25) is 9.59 Å². The molecular weight excluding hydrogens is 503 g/mol.